The standard InChI is InChI=1S/C9H6F4N2O2/c10-4-6-5(1-2-14)7(16)3-8(15-6)17-9(11,12)13/h3H,1,4H2,(H,15,16). The number of nitrogens with one attached hydrogen (secondary N) is 1. The van der Waals surface area contributed by atoms with Gasteiger partial charge in [-0.15, -0.1) is 13.2 Å². The highest BCUT2D eigenvalue weighted by atomic mass is 19.4. The van der Waals surface area contributed by atoms with E-state index >= 15 is 0 Å². The molecule has 1 aromatic rings. The van der Waals surface area contributed by atoms with Crippen LogP contribution in [0.4, 0.5) is 17.6 Å². The second-order valence-electron chi connectivity index (χ2n) is 2.97. The second-order valence-corrected chi connectivity index (χ2v) is 2.97. The number of aromatic amines is 1. The Balaban J connectivity index is 3.19. The van der Waals surface area contributed by atoms with E-state index in [9.17, 15) is 22.4 Å². The van der Waals surface area contributed by atoms with Gasteiger partial charge in [0.2, 0.25) is 5.88 Å². The molecule has 0 aromatic carbocycles. The van der Waals surface area contributed by atoms with Gasteiger partial charge in [0.25, 0.3) is 0 Å². The lowest BCUT2D eigenvalue weighted by atomic mass is 10.1. The Hall–Kier alpha value is -2.04. The third-order valence-electron chi connectivity index (χ3n) is 1.81. The van der Waals surface area contributed by atoms with E-state index < -0.39 is 30.0 Å². The molecule has 4 nitrogen and oxygen atoms in total. The first-order valence-electron chi connectivity index (χ1n) is 4.31. The Kier molecular flexibility index (Phi) is 3.73. The van der Waals surface area contributed by atoms with E-state index in [0.717, 1.165) is 0 Å². The Bertz CT molecular complexity index is 501. The minimum atomic E-state index is -4.98. The zero-order valence-electron chi connectivity index (χ0n) is 8.27. The highest BCUT2D eigenvalue weighted by Crippen LogP contribution is 2.20. The molecule has 92 valence electrons. The van der Waals surface area contributed by atoms with Gasteiger partial charge in [-0.1, -0.05) is 0 Å². The zero-order chi connectivity index (χ0) is 13.1. The lowest BCUT2D eigenvalue weighted by molar-refractivity contribution is -0.276. The van der Waals surface area contributed by atoms with Crippen LogP contribution < -0.4 is 10.2 Å². The molecule has 1 rings (SSSR count). The summed E-state index contributed by atoms with van der Waals surface area (Å²) in [4.78, 5) is 13.3. The lowest BCUT2D eigenvalue weighted by Gasteiger charge is -2.10. The Morgan fingerprint density at radius 1 is 1.47 bits per heavy atom. The van der Waals surface area contributed by atoms with Gasteiger partial charge in [-0.2, -0.15) is 5.26 Å². The Labute approximate surface area is 92.4 Å². The maximum absolute atomic E-state index is 12.5. The molecule has 1 heterocycles. The van der Waals surface area contributed by atoms with Crippen molar-refractivity contribution in [2.75, 3.05) is 0 Å². The fourth-order valence-electron chi connectivity index (χ4n) is 1.18. The molecule has 1 aromatic heterocycles. The molecule has 8 heteroatoms. The van der Waals surface area contributed by atoms with Gasteiger partial charge in [0.05, 0.1) is 18.2 Å². The van der Waals surface area contributed by atoms with Crippen molar-refractivity contribution < 1.29 is 22.3 Å². The smallest absolute Gasteiger partial charge is 0.390 e. The first-order valence-corrected chi connectivity index (χ1v) is 4.31. The van der Waals surface area contributed by atoms with Crippen LogP contribution in [0, 0.1) is 11.3 Å². The number of nitriles is 1. The van der Waals surface area contributed by atoms with E-state index in [2.05, 4.69) is 4.74 Å². The normalized spacial score (nSPS) is 11.0. The van der Waals surface area contributed by atoms with E-state index in [1.54, 1.807) is 6.07 Å². The number of alkyl halides is 4. The molecular weight excluding hydrogens is 244 g/mol. The number of hydrogen-bond acceptors (Lipinski definition) is 3. The molecule has 0 aliphatic carbocycles. The number of aromatic nitrogens is 1. The summed E-state index contributed by atoms with van der Waals surface area (Å²) >= 11 is 0. The Morgan fingerprint density at radius 3 is 2.59 bits per heavy atom. The maximum Gasteiger partial charge on any atom is 0.574 e. The van der Waals surface area contributed by atoms with Gasteiger partial charge in [-0.25, -0.2) is 4.39 Å². The summed E-state index contributed by atoms with van der Waals surface area (Å²) in [7, 11) is 0. The summed E-state index contributed by atoms with van der Waals surface area (Å²) in [6, 6.07) is 2.14. The molecule has 1 N–H and O–H groups in total. The van der Waals surface area contributed by atoms with Gasteiger partial charge >= 0.3 is 6.36 Å². The second kappa shape index (κ2) is 4.86. The summed E-state index contributed by atoms with van der Waals surface area (Å²) in [6.45, 7) is -1.19. The molecule has 0 bridgehead atoms. The molecule has 0 atom stereocenters. The van der Waals surface area contributed by atoms with Crippen LogP contribution in [0.25, 0.3) is 0 Å². The van der Waals surface area contributed by atoms with Crippen molar-refractivity contribution in [2.24, 2.45) is 0 Å². The van der Waals surface area contributed by atoms with Crippen molar-refractivity contribution >= 4 is 0 Å². The van der Waals surface area contributed by atoms with Crippen LogP contribution in [0.2, 0.25) is 0 Å². The topological polar surface area (TPSA) is 65.9 Å². The van der Waals surface area contributed by atoms with Crippen molar-refractivity contribution in [3.8, 4) is 11.9 Å². The average molecular weight is 250 g/mol. The van der Waals surface area contributed by atoms with E-state index in [-0.39, 0.29) is 12.0 Å². The SMILES string of the molecule is N#CCc1c(CF)[nH]c(OC(F)(F)F)cc1=O. The van der Waals surface area contributed by atoms with E-state index in [4.69, 9.17) is 5.26 Å². The number of pyridine rings is 1. The fourth-order valence-corrected chi connectivity index (χ4v) is 1.18. The summed E-state index contributed by atoms with van der Waals surface area (Å²) in [5, 5.41) is 8.38. The predicted molar refractivity (Wildman–Crippen MR) is 47.9 cm³/mol. The first-order chi connectivity index (χ1) is 7.87. The van der Waals surface area contributed by atoms with Crippen LogP contribution in [0.5, 0.6) is 5.88 Å². The van der Waals surface area contributed by atoms with Crippen molar-refractivity contribution in [2.45, 2.75) is 19.5 Å². The van der Waals surface area contributed by atoms with Gasteiger partial charge in [-0.3, -0.25) is 4.79 Å². The van der Waals surface area contributed by atoms with Gasteiger partial charge in [0.15, 0.2) is 5.43 Å². The highest BCUT2D eigenvalue weighted by molar-refractivity contribution is 5.28. The zero-order valence-corrected chi connectivity index (χ0v) is 8.27. The molecule has 0 amide bonds. The quantitative estimate of drug-likeness (QED) is 0.832. The van der Waals surface area contributed by atoms with Gasteiger partial charge in [-0.05, 0) is 0 Å². The number of halogens is 4. The average Bonchev–Trinajstić information content (AvgIpc) is 2.19. The number of nitrogens with zero attached hydrogens (tertiary/aromatic N) is 1. The van der Waals surface area contributed by atoms with E-state index in [1.165, 1.54) is 0 Å². The minimum Gasteiger partial charge on any atom is -0.390 e. The molecule has 0 aliphatic rings. The lowest BCUT2D eigenvalue weighted by Crippen LogP contribution is -2.21. The van der Waals surface area contributed by atoms with Crippen LogP contribution in [0.3, 0.4) is 0 Å². The van der Waals surface area contributed by atoms with Gasteiger partial charge in [0.1, 0.15) is 6.67 Å². The monoisotopic (exact) mass is 250 g/mol. The van der Waals surface area contributed by atoms with Crippen LogP contribution >= 0.6 is 0 Å². The predicted octanol–water partition coefficient (Wildman–Crippen LogP) is 1.81. The van der Waals surface area contributed by atoms with Crippen molar-refractivity contribution in [3.05, 3.63) is 27.5 Å². The summed E-state index contributed by atoms with van der Waals surface area (Å²) < 4.78 is 51.5. The van der Waals surface area contributed by atoms with Crippen LogP contribution in [-0.4, -0.2) is 11.3 Å². The van der Waals surface area contributed by atoms with Crippen molar-refractivity contribution in [1.29, 1.82) is 5.26 Å². The molecule has 0 saturated heterocycles. The molecule has 0 radical (unpaired) electrons. The molecule has 0 aliphatic heterocycles. The molecule has 17 heavy (non-hydrogen) atoms. The molecule has 0 saturated carbocycles. The van der Waals surface area contributed by atoms with Gasteiger partial charge in [0, 0.05) is 11.6 Å². The largest absolute Gasteiger partial charge is 0.574 e. The van der Waals surface area contributed by atoms with Crippen LogP contribution in [0.1, 0.15) is 11.3 Å². The number of hydrogen-bond donors (Lipinski definition) is 1. The third kappa shape index (κ3) is 3.48. The van der Waals surface area contributed by atoms with E-state index in [0.29, 0.717) is 6.07 Å². The molecule has 0 fully saturated rings. The number of H-pyrrole nitrogens is 1. The highest BCUT2D eigenvalue weighted by Gasteiger charge is 2.32. The van der Waals surface area contributed by atoms with Crippen LogP contribution in [0.15, 0.2) is 10.9 Å². The third-order valence-corrected chi connectivity index (χ3v) is 1.81. The van der Waals surface area contributed by atoms with Crippen molar-refractivity contribution in [3.63, 3.8) is 0 Å². The van der Waals surface area contributed by atoms with Crippen LogP contribution in [-0.2, 0) is 13.1 Å². The van der Waals surface area contributed by atoms with Crippen molar-refractivity contribution in [1.82, 2.24) is 4.98 Å². The Morgan fingerprint density at radius 2 is 2.12 bits per heavy atom. The molecular formula is C9H6F4N2O2. The summed E-state index contributed by atoms with van der Waals surface area (Å²) in [6.07, 6.45) is -5.37. The van der Waals surface area contributed by atoms with E-state index in [1.807, 2.05) is 4.98 Å². The molecule has 0 spiro atoms. The fraction of sp³-hybridized carbons (Fsp3) is 0.333. The maximum atomic E-state index is 12.5. The summed E-state index contributed by atoms with van der Waals surface area (Å²) in [5.41, 5.74) is -1.47. The minimum absolute atomic E-state index is 0.204. The van der Waals surface area contributed by atoms with Gasteiger partial charge < -0.3 is 9.72 Å². The first kappa shape index (κ1) is 13.0. The molecule has 0 unspecified atom stereocenters. The number of ether oxygens (including phenoxy) is 1. The summed E-state index contributed by atoms with van der Waals surface area (Å²) in [5.74, 6) is -0.906. The number of rotatable bonds is 3.